The van der Waals surface area contributed by atoms with E-state index in [-0.39, 0.29) is 17.1 Å². The molecule has 3 nitrogen and oxygen atoms in total. The molecule has 0 radical (unpaired) electrons. The molecule has 0 aliphatic carbocycles. The Labute approximate surface area is 198 Å². The summed E-state index contributed by atoms with van der Waals surface area (Å²) in [5, 5.41) is 0.197. The van der Waals surface area contributed by atoms with Crippen molar-refractivity contribution in [1.29, 1.82) is 0 Å². The van der Waals surface area contributed by atoms with Crippen molar-refractivity contribution >= 4 is 20.4 Å². The number of allylic oxidation sites excluding steroid dienone is 2. The highest BCUT2D eigenvalue weighted by molar-refractivity contribution is 6.74. The van der Waals surface area contributed by atoms with Crippen LogP contribution < -0.4 is 0 Å². The molecule has 0 amide bonds. The van der Waals surface area contributed by atoms with E-state index in [1.165, 1.54) is 44.6 Å². The van der Waals surface area contributed by atoms with Crippen LogP contribution in [-0.2, 0) is 20.6 Å². The fraction of sp³-hybridized carbons (Fsp3) is 0.607. The molecule has 0 bridgehead atoms. The van der Waals surface area contributed by atoms with Gasteiger partial charge >= 0.3 is 5.97 Å². The van der Waals surface area contributed by atoms with Crippen LogP contribution in [0.3, 0.4) is 0 Å². The largest absolute Gasteiger partial charge is 0.458 e. The number of rotatable bonds is 14. The third-order valence-electron chi connectivity index (χ3n) is 6.32. The fourth-order valence-corrected chi connectivity index (χ4v) is 4.13. The lowest BCUT2D eigenvalue weighted by Crippen LogP contribution is -2.40. The predicted molar refractivity (Wildman–Crippen MR) is 140 cm³/mol. The van der Waals surface area contributed by atoms with Crippen molar-refractivity contribution in [3.05, 3.63) is 53.6 Å². The van der Waals surface area contributed by atoms with Gasteiger partial charge in [-0.2, -0.15) is 0 Å². The van der Waals surface area contributed by atoms with Crippen LogP contribution in [0.4, 0.5) is 0 Å². The lowest BCUT2D eigenvalue weighted by molar-refractivity contribution is -0.144. The summed E-state index contributed by atoms with van der Waals surface area (Å²) in [6.07, 6.45) is 16.3. The van der Waals surface area contributed by atoms with Crippen molar-refractivity contribution in [2.45, 2.75) is 110 Å². The number of benzene rings is 1. The molecule has 1 rings (SSSR count). The molecule has 4 heteroatoms. The maximum Gasteiger partial charge on any atom is 0.303 e. The molecule has 0 N–H and O–H groups in total. The maximum atomic E-state index is 11.5. The highest BCUT2D eigenvalue weighted by atomic mass is 28.4. The standard InChI is InChI=1S/C28H46O3Si/c1-8-9-10-11-12-13-21-27(31-24(2)29)22-17-16-19-25-18-14-15-20-26(25)23-30-32(6,7)28(3,4)5/h14-20,22,27H,8-13,21,23H2,1-7H3/b19-16+,22-17+. The molecule has 0 saturated heterocycles. The minimum Gasteiger partial charge on any atom is -0.458 e. The van der Waals surface area contributed by atoms with Crippen molar-refractivity contribution in [2.75, 3.05) is 0 Å². The summed E-state index contributed by atoms with van der Waals surface area (Å²) in [6, 6.07) is 8.37. The molecule has 0 fully saturated rings. The van der Waals surface area contributed by atoms with Crippen LogP contribution in [0.5, 0.6) is 0 Å². The van der Waals surface area contributed by atoms with E-state index in [9.17, 15) is 4.79 Å². The maximum absolute atomic E-state index is 11.5. The van der Waals surface area contributed by atoms with Crippen molar-refractivity contribution < 1.29 is 14.0 Å². The smallest absolute Gasteiger partial charge is 0.303 e. The molecule has 1 aromatic carbocycles. The molecular formula is C28H46O3Si. The Kier molecular flexibility index (Phi) is 12.8. The van der Waals surface area contributed by atoms with Gasteiger partial charge in [0.2, 0.25) is 0 Å². The Balaban J connectivity index is 2.68. The lowest BCUT2D eigenvalue weighted by Gasteiger charge is -2.36. The van der Waals surface area contributed by atoms with E-state index in [2.05, 4.69) is 71.1 Å². The molecule has 0 saturated carbocycles. The molecule has 32 heavy (non-hydrogen) atoms. The Morgan fingerprint density at radius 2 is 1.69 bits per heavy atom. The van der Waals surface area contributed by atoms with Gasteiger partial charge in [0.25, 0.3) is 0 Å². The van der Waals surface area contributed by atoms with E-state index in [1.54, 1.807) is 0 Å². The summed E-state index contributed by atoms with van der Waals surface area (Å²) in [6.45, 7) is 15.7. The number of hydrogen-bond acceptors (Lipinski definition) is 3. The minimum absolute atomic E-state index is 0.152. The van der Waals surface area contributed by atoms with Gasteiger partial charge in [-0.1, -0.05) is 102 Å². The van der Waals surface area contributed by atoms with E-state index >= 15 is 0 Å². The van der Waals surface area contributed by atoms with Gasteiger partial charge in [-0.05, 0) is 48.2 Å². The van der Waals surface area contributed by atoms with Crippen LogP contribution in [0.15, 0.2) is 42.5 Å². The van der Waals surface area contributed by atoms with Crippen molar-refractivity contribution in [1.82, 2.24) is 0 Å². The molecule has 0 heterocycles. The molecule has 0 aliphatic heterocycles. The van der Waals surface area contributed by atoms with E-state index in [1.807, 2.05) is 18.2 Å². The molecule has 1 unspecified atom stereocenters. The van der Waals surface area contributed by atoms with Crippen LogP contribution in [-0.4, -0.2) is 20.4 Å². The first-order chi connectivity index (χ1) is 15.1. The average Bonchev–Trinajstić information content (AvgIpc) is 2.71. The summed E-state index contributed by atoms with van der Waals surface area (Å²) >= 11 is 0. The second-order valence-electron chi connectivity index (χ2n) is 10.2. The summed E-state index contributed by atoms with van der Waals surface area (Å²) in [7, 11) is -1.79. The van der Waals surface area contributed by atoms with Crippen molar-refractivity contribution in [3.8, 4) is 0 Å². The van der Waals surface area contributed by atoms with E-state index in [0.717, 1.165) is 18.4 Å². The number of carbonyl (C=O) groups excluding carboxylic acids is 1. The zero-order valence-corrected chi connectivity index (χ0v) is 22.6. The zero-order chi connectivity index (χ0) is 24.0. The van der Waals surface area contributed by atoms with E-state index in [4.69, 9.17) is 9.16 Å². The first-order valence-corrected chi connectivity index (χ1v) is 15.2. The second kappa shape index (κ2) is 14.5. The van der Waals surface area contributed by atoms with Gasteiger partial charge in [-0.15, -0.1) is 0 Å². The van der Waals surface area contributed by atoms with Gasteiger partial charge in [0.05, 0.1) is 6.61 Å². The van der Waals surface area contributed by atoms with Gasteiger partial charge in [-0.3, -0.25) is 4.79 Å². The summed E-state index contributed by atoms with van der Waals surface area (Å²) in [5.41, 5.74) is 2.36. The second-order valence-corrected chi connectivity index (χ2v) is 15.0. The Morgan fingerprint density at radius 3 is 2.34 bits per heavy atom. The molecule has 1 aromatic rings. The van der Waals surface area contributed by atoms with Gasteiger partial charge in [-0.25, -0.2) is 0 Å². The number of carbonyl (C=O) groups is 1. The van der Waals surface area contributed by atoms with E-state index in [0.29, 0.717) is 6.61 Å². The lowest BCUT2D eigenvalue weighted by atomic mass is 10.1. The monoisotopic (exact) mass is 458 g/mol. The van der Waals surface area contributed by atoms with Gasteiger partial charge in [0, 0.05) is 6.92 Å². The Bertz CT molecular complexity index is 728. The van der Waals surface area contributed by atoms with Crippen molar-refractivity contribution in [2.24, 2.45) is 0 Å². The first-order valence-electron chi connectivity index (χ1n) is 12.3. The molecule has 0 spiro atoms. The number of hydrogen-bond donors (Lipinski definition) is 0. The quantitative estimate of drug-likeness (QED) is 0.121. The van der Waals surface area contributed by atoms with Gasteiger partial charge in [0.1, 0.15) is 6.10 Å². The molecule has 180 valence electrons. The molecule has 0 aliphatic rings. The molecular weight excluding hydrogens is 412 g/mol. The summed E-state index contributed by atoms with van der Waals surface area (Å²) in [5.74, 6) is -0.220. The third kappa shape index (κ3) is 11.3. The fourth-order valence-electron chi connectivity index (χ4n) is 3.18. The Hall–Kier alpha value is -1.65. The minimum atomic E-state index is -1.79. The number of esters is 1. The average molecular weight is 459 g/mol. The summed E-state index contributed by atoms with van der Waals surface area (Å²) in [4.78, 5) is 11.5. The van der Waals surface area contributed by atoms with Crippen molar-refractivity contribution in [3.63, 3.8) is 0 Å². The zero-order valence-electron chi connectivity index (χ0n) is 21.6. The molecule has 0 aromatic heterocycles. The number of unbranched alkanes of at least 4 members (excludes halogenated alkanes) is 5. The van der Waals surface area contributed by atoms with Crippen LogP contribution in [0.1, 0.15) is 90.7 Å². The highest BCUT2D eigenvalue weighted by Gasteiger charge is 2.37. The van der Waals surface area contributed by atoms with E-state index < -0.39 is 8.32 Å². The normalized spacial score (nSPS) is 13.7. The van der Waals surface area contributed by atoms with Crippen LogP contribution in [0, 0.1) is 0 Å². The van der Waals surface area contributed by atoms with Crippen LogP contribution in [0.2, 0.25) is 18.1 Å². The third-order valence-corrected chi connectivity index (χ3v) is 10.8. The highest BCUT2D eigenvalue weighted by Crippen LogP contribution is 2.37. The van der Waals surface area contributed by atoms with Crippen LogP contribution in [0.25, 0.3) is 6.08 Å². The topological polar surface area (TPSA) is 35.5 Å². The SMILES string of the molecule is CCCCCCCCC(/C=C/C=C/c1ccccc1CO[Si](C)(C)C(C)(C)C)OC(C)=O. The summed E-state index contributed by atoms with van der Waals surface area (Å²) < 4.78 is 11.9. The van der Waals surface area contributed by atoms with Gasteiger partial charge in [0.15, 0.2) is 8.32 Å². The number of ether oxygens (including phenoxy) is 1. The first kappa shape index (κ1) is 28.4. The predicted octanol–water partition coefficient (Wildman–Crippen LogP) is 8.46. The Morgan fingerprint density at radius 1 is 1.03 bits per heavy atom. The van der Waals surface area contributed by atoms with Gasteiger partial charge < -0.3 is 9.16 Å². The van der Waals surface area contributed by atoms with Crippen LogP contribution >= 0.6 is 0 Å². The molecule has 1 atom stereocenters.